The molecule has 8 heteroatoms. The Morgan fingerprint density at radius 3 is 2.72 bits per heavy atom. The smallest absolute Gasteiger partial charge is 0.322 e. The van der Waals surface area contributed by atoms with Gasteiger partial charge in [0.1, 0.15) is 0 Å². The van der Waals surface area contributed by atoms with Crippen LogP contribution in [-0.2, 0) is 0 Å². The van der Waals surface area contributed by atoms with Gasteiger partial charge in [-0.3, -0.25) is 0 Å². The molecule has 94 valence electrons. The third kappa shape index (κ3) is 2.42. The Bertz CT molecular complexity index is 578. The van der Waals surface area contributed by atoms with Gasteiger partial charge >= 0.3 is 6.01 Å². The molecule has 0 saturated carbocycles. The van der Waals surface area contributed by atoms with Crippen LogP contribution in [0.25, 0.3) is 0 Å². The second-order valence-corrected chi connectivity index (χ2v) is 3.23. The summed E-state index contributed by atoms with van der Waals surface area (Å²) < 4.78 is 31.2. The van der Waals surface area contributed by atoms with Crippen molar-refractivity contribution in [3.05, 3.63) is 29.8 Å². The fourth-order valence-electron chi connectivity index (χ4n) is 1.24. The number of nitrogen functional groups attached to an aromatic ring is 1. The van der Waals surface area contributed by atoms with Crippen molar-refractivity contribution in [1.82, 2.24) is 15.0 Å². The van der Waals surface area contributed by atoms with Gasteiger partial charge in [0.2, 0.25) is 11.9 Å². The van der Waals surface area contributed by atoms with E-state index in [-0.39, 0.29) is 23.6 Å². The van der Waals surface area contributed by atoms with E-state index >= 15 is 0 Å². The highest BCUT2D eigenvalue weighted by Gasteiger charge is 2.10. The first-order valence-electron chi connectivity index (χ1n) is 4.86. The number of nitrogens with one attached hydrogen (secondary N) is 1. The summed E-state index contributed by atoms with van der Waals surface area (Å²) in [4.78, 5) is 11.2. The van der Waals surface area contributed by atoms with Gasteiger partial charge in [-0.1, -0.05) is 6.07 Å². The zero-order chi connectivity index (χ0) is 13.1. The van der Waals surface area contributed by atoms with E-state index in [9.17, 15) is 8.78 Å². The number of nitrogens with two attached hydrogens (primary N) is 1. The van der Waals surface area contributed by atoms with Crippen molar-refractivity contribution in [2.45, 2.75) is 0 Å². The third-order valence-corrected chi connectivity index (χ3v) is 2.01. The lowest BCUT2D eigenvalue weighted by Crippen LogP contribution is -2.06. The molecule has 0 aliphatic rings. The summed E-state index contributed by atoms with van der Waals surface area (Å²) in [5.41, 5.74) is 5.30. The van der Waals surface area contributed by atoms with E-state index in [2.05, 4.69) is 20.3 Å². The second-order valence-electron chi connectivity index (χ2n) is 3.23. The molecule has 0 fully saturated rings. The quantitative estimate of drug-likeness (QED) is 0.861. The Kier molecular flexibility index (Phi) is 3.18. The topological polar surface area (TPSA) is 86.0 Å². The van der Waals surface area contributed by atoms with Crippen LogP contribution >= 0.6 is 0 Å². The van der Waals surface area contributed by atoms with Crippen LogP contribution in [0.2, 0.25) is 0 Å². The highest BCUT2D eigenvalue weighted by Crippen LogP contribution is 2.20. The van der Waals surface area contributed by atoms with Crippen LogP contribution in [0, 0.1) is 11.6 Å². The van der Waals surface area contributed by atoms with Gasteiger partial charge < -0.3 is 15.8 Å². The van der Waals surface area contributed by atoms with Crippen molar-refractivity contribution in [2.24, 2.45) is 0 Å². The zero-order valence-electron chi connectivity index (χ0n) is 9.32. The van der Waals surface area contributed by atoms with E-state index in [1.54, 1.807) is 0 Å². The number of hydrogen-bond donors (Lipinski definition) is 2. The number of benzene rings is 1. The van der Waals surface area contributed by atoms with Gasteiger partial charge in [0.25, 0.3) is 0 Å². The van der Waals surface area contributed by atoms with Crippen LogP contribution in [0.1, 0.15) is 0 Å². The molecule has 0 amide bonds. The normalized spacial score (nSPS) is 10.2. The van der Waals surface area contributed by atoms with E-state index in [4.69, 9.17) is 10.5 Å². The number of hydrogen-bond acceptors (Lipinski definition) is 6. The fourth-order valence-corrected chi connectivity index (χ4v) is 1.24. The molecule has 2 rings (SSSR count). The Morgan fingerprint density at radius 1 is 1.22 bits per heavy atom. The second kappa shape index (κ2) is 4.78. The third-order valence-electron chi connectivity index (χ3n) is 2.01. The van der Waals surface area contributed by atoms with Crippen LogP contribution in [0.15, 0.2) is 18.2 Å². The van der Waals surface area contributed by atoms with Crippen molar-refractivity contribution in [2.75, 3.05) is 18.2 Å². The molecule has 18 heavy (non-hydrogen) atoms. The number of anilines is 3. The maximum Gasteiger partial charge on any atom is 0.322 e. The Hall–Kier alpha value is -2.51. The Morgan fingerprint density at radius 2 is 2.00 bits per heavy atom. The Labute approximate surface area is 101 Å². The van der Waals surface area contributed by atoms with Gasteiger partial charge in [0.15, 0.2) is 11.6 Å². The first-order chi connectivity index (χ1) is 8.60. The lowest BCUT2D eigenvalue weighted by molar-refractivity contribution is 0.380. The molecule has 0 bridgehead atoms. The first kappa shape index (κ1) is 12.0. The molecule has 0 radical (unpaired) electrons. The zero-order valence-corrected chi connectivity index (χ0v) is 9.32. The standard InChI is InChI=1S/C10H9F2N5O/c1-18-10-16-8(13)15-9(17-10)14-6-4-2-3-5(11)7(6)12/h2-4H,1H3,(H3,13,14,15,16,17). The lowest BCUT2D eigenvalue weighted by atomic mass is 10.3. The van der Waals surface area contributed by atoms with E-state index < -0.39 is 11.6 Å². The molecule has 1 heterocycles. The highest BCUT2D eigenvalue weighted by atomic mass is 19.2. The van der Waals surface area contributed by atoms with Gasteiger partial charge in [-0.05, 0) is 12.1 Å². The van der Waals surface area contributed by atoms with Crippen molar-refractivity contribution < 1.29 is 13.5 Å². The minimum Gasteiger partial charge on any atom is -0.467 e. The monoisotopic (exact) mass is 253 g/mol. The number of rotatable bonds is 3. The summed E-state index contributed by atoms with van der Waals surface area (Å²) in [6.45, 7) is 0. The Balaban J connectivity index is 2.34. The van der Waals surface area contributed by atoms with Gasteiger partial charge in [-0.2, -0.15) is 15.0 Å². The van der Waals surface area contributed by atoms with Gasteiger partial charge in [0, 0.05) is 0 Å². The summed E-state index contributed by atoms with van der Waals surface area (Å²) in [6, 6.07) is 3.66. The van der Waals surface area contributed by atoms with E-state index in [1.165, 1.54) is 19.2 Å². The van der Waals surface area contributed by atoms with Gasteiger partial charge in [0.05, 0.1) is 12.8 Å². The molecule has 0 unspecified atom stereocenters. The summed E-state index contributed by atoms with van der Waals surface area (Å²) in [5, 5.41) is 2.49. The minimum absolute atomic E-state index is 0.0261. The van der Waals surface area contributed by atoms with Gasteiger partial charge in [-0.25, -0.2) is 8.78 Å². The molecular weight excluding hydrogens is 244 g/mol. The molecule has 1 aromatic carbocycles. The molecule has 1 aromatic heterocycles. The summed E-state index contributed by atoms with van der Waals surface area (Å²) in [5.74, 6) is -2.14. The van der Waals surface area contributed by atoms with Crippen LogP contribution in [0.5, 0.6) is 6.01 Å². The summed E-state index contributed by atoms with van der Waals surface area (Å²) >= 11 is 0. The molecular formula is C10H9F2N5O. The van der Waals surface area contributed by atoms with Crippen molar-refractivity contribution in [3.63, 3.8) is 0 Å². The van der Waals surface area contributed by atoms with Crippen LogP contribution < -0.4 is 15.8 Å². The number of ether oxygens (including phenoxy) is 1. The first-order valence-corrected chi connectivity index (χ1v) is 4.86. The fraction of sp³-hybridized carbons (Fsp3) is 0.100. The molecule has 3 N–H and O–H groups in total. The maximum absolute atomic E-state index is 13.4. The predicted octanol–water partition coefficient (Wildman–Crippen LogP) is 1.48. The van der Waals surface area contributed by atoms with Crippen molar-refractivity contribution in [1.29, 1.82) is 0 Å². The molecule has 6 nitrogen and oxygen atoms in total. The van der Waals surface area contributed by atoms with E-state index in [0.29, 0.717) is 0 Å². The molecule has 0 spiro atoms. The van der Waals surface area contributed by atoms with E-state index in [1.807, 2.05) is 0 Å². The molecule has 0 aliphatic carbocycles. The van der Waals surface area contributed by atoms with Gasteiger partial charge in [-0.15, -0.1) is 0 Å². The maximum atomic E-state index is 13.4. The summed E-state index contributed by atoms with van der Waals surface area (Å²) in [7, 11) is 1.35. The van der Waals surface area contributed by atoms with Crippen molar-refractivity contribution >= 4 is 17.6 Å². The lowest BCUT2D eigenvalue weighted by Gasteiger charge is -2.07. The predicted molar refractivity (Wildman–Crippen MR) is 60.4 cm³/mol. The van der Waals surface area contributed by atoms with Crippen LogP contribution in [0.4, 0.5) is 26.4 Å². The molecule has 0 saturated heterocycles. The number of nitrogens with zero attached hydrogens (tertiary/aromatic N) is 3. The number of halogens is 2. The number of aromatic nitrogens is 3. The van der Waals surface area contributed by atoms with Crippen LogP contribution in [-0.4, -0.2) is 22.1 Å². The summed E-state index contributed by atoms with van der Waals surface area (Å²) in [6.07, 6.45) is 0. The largest absolute Gasteiger partial charge is 0.467 e. The van der Waals surface area contributed by atoms with Crippen molar-refractivity contribution in [3.8, 4) is 6.01 Å². The molecule has 0 aliphatic heterocycles. The highest BCUT2D eigenvalue weighted by molar-refractivity contribution is 5.54. The number of methoxy groups -OCH3 is 1. The molecule has 2 aromatic rings. The minimum atomic E-state index is -1.03. The average molecular weight is 253 g/mol. The average Bonchev–Trinajstić information content (AvgIpc) is 2.34. The SMILES string of the molecule is COc1nc(N)nc(Nc2cccc(F)c2F)n1. The van der Waals surface area contributed by atoms with Crippen LogP contribution in [0.3, 0.4) is 0 Å². The molecule has 0 atom stereocenters. The van der Waals surface area contributed by atoms with E-state index in [0.717, 1.165) is 6.07 Å².